The highest BCUT2D eigenvalue weighted by Crippen LogP contribution is 2.40. The summed E-state index contributed by atoms with van der Waals surface area (Å²) in [4.78, 5) is 57.8. The molecule has 11 heteroatoms. The van der Waals surface area contributed by atoms with Crippen molar-refractivity contribution in [2.24, 2.45) is 5.92 Å². The first-order chi connectivity index (χ1) is 20.4. The number of carbonyl (C=O) groups is 4. The summed E-state index contributed by atoms with van der Waals surface area (Å²) in [6.07, 6.45) is 9.81. The zero-order valence-electron chi connectivity index (χ0n) is 23.3. The summed E-state index contributed by atoms with van der Waals surface area (Å²) in [6, 6.07) is 10.8. The Hall–Kier alpha value is -4.54. The molecule has 2 saturated heterocycles. The number of rotatable bonds is 9. The maximum atomic E-state index is 13.0. The summed E-state index contributed by atoms with van der Waals surface area (Å²) in [6.45, 7) is 2.91. The van der Waals surface area contributed by atoms with Gasteiger partial charge in [-0.2, -0.15) is 5.10 Å². The van der Waals surface area contributed by atoms with Gasteiger partial charge >= 0.3 is 0 Å². The fourth-order valence-electron chi connectivity index (χ4n) is 6.33. The van der Waals surface area contributed by atoms with Crippen LogP contribution in [-0.2, 0) is 9.59 Å². The standard InChI is InChI=1S/C31H33N7O4/c39-28-10-9-26(29(40)35-28)38-30(41)23-8-7-21(16-24(23)31(38)42)32-11-2-4-19-14-22(15-19)37-18-20(17-33-37)25-5-1-6-27(34-25)36-12-3-13-36/h1,5-8,16-19,22,26,32H,2-4,9-15H2,(H,35,39,40)/t19-,22-,26?. The quantitative estimate of drug-likeness (QED) is 0.297. The predicted molar refractivity (Wildman–Crippen MR) is 155 cm³/mol. The summed E-state index contributed by atoms with van der Waals surface area (Å²) in [5, 5.41) is 10.2. The average molecular weight is 568 g/mol. The van der Waals surface area contributed by atoms with Crippen molar-refractivity contribution in [3.05, 3.63) is 59.9 Å². The summed E-state index contributed by atoms with van der Waals surface area (Å²) >= 11 is 0. The molecule has 3 aliphatic heterocycles. The van der Waals surface area contributed by atoms with E-state index in [1.165, 1.54) is 6.42 Å². The molecule has 0 bridgehead atoms. The van der Waals surface area contributed by atoms with Crippen LogP contribution in [0.2, 0.25) is 0 Å². The monoisotopic (exact) mass is 567 g/mol. The molecule has 4 amide bonds. The molecule has 42 heavy (non-hydrogen) atoms. The number of benzene rings is 1. The van der Waals surface area contributed by atoms with Gasteiger partial charge in [0.1, 0.15) is 11.9 Å². The minimum absolute atomic E-state index is 0.103. The number of hydrogen-bond donors (Lipinski definition) is 2. The van der Waals surface area contributed by atoms with E-state index in [9.17, 15) is 19.2 Å². The number of fused-ring (bicyclic) bond motifs is 1. The Balaban J connectivity index is 0.878. The van der Waals surface area contributed by atoms with Crippen molar-refractivity contribution in [2.45, 2.75) is 57.0 Å². The Morgan fingerprint density at radius 3 is 2.62 bits per heavy atom. The molecule has 0 spiro atoms. The van der Waals surface area contributed by atoms with Gasteiger partial charge in [-0.1, -0.05) is 6.07 Å². The van der Waals surface area contributed by atoms with Crippen LogP contribution in [-0.4, -0.2) is 69.0 Å². The molecule has 1 aliphatic carbocycles. The van der Waals surface area contributed by atoms with E-state index in [0.717, 1.165) is 73.0 Å². The molecule has 216 valence electrons. The number of carbonyl (C=O) groups excluding carboxylic acids is 4. The van der Waals surface area contributed by atoms with Crippen molar-refractivity contribution in [3.63, 3.8) is 0 Å². The van der Waals surface area contributed by atoms with E-state index in [4.69, 9.17) is 4.98 Å². The van der Waals surface area contributed by atoms with Gasteiger partial charge in [0.25, 0.3) is 11.8 Å². The number of nitrogens with zero attached hydrogens (tertiary/aromatic N) is 5. The lowest BCUT2D eigenvalue weighted by molar-refractivity contribution is -0.136. The smallest absolute Gasteiger partial charge is 0.262 e. The average Bonchev–Trinajstić information content (AvgIpc) is 3.50. The van der Waals surface area contributed by atoms with E-state index in [0.29, 0.717) is 12.0 Å². The van der Waals surface area contributed by atoms with Crippen molar-refractivity contribution in [1.29, 1.82) is 0 Å². The molecule has 1 aromatic carbocycles. The molecular weight excluding hydrogens is 534 g/mol. The number of anilines is 2. The van der Waals surface area contributed by atoms with Crippen LogP contribution >= 0.6 is 0 Å². The second-order valence-electron chi connectivity index (χ2n) is 11.7. The van der Waals surface area contributed by atoms with Gasteiger partial charge in [0.05, 0.1) is 29.1 Å². The first kappa shape index (κ1) is 26.4. The number of aromatic nitrogens is 3. The summed E-state index contributed by atoms with van der Waals surface area (Å²) in [5.74, 6) is -0.276. The van der Waals surface area contributed by atoms with Crippen LogP contribution in [0.25, 0.3) is 11.3 Å². The maximum absolute atomic E-state index is 13.0. The van der Waals surface area contributed by atoms with Gasteiger partial charge in [-0.05, 0) is 74.8 Å². The van der Waals surface area contributed by atoms with Crippen LogP contribution in [0, 0.1) is 5.92 Å². The number of hydrogen-bond acceptors (Lipinski definition) is 8. The van der Waals surface area contributed by atoms with Crippen LogP contribution < -0.4 is 15.5 Å². The molecule has 5 heterocycles. The van der Waals surface area contributed by atoms with Gasteiger partial charge in [-0.3, -0.25) is 34.1 Å². The van der Waals surface area contributed by atoms with E-state index in [-0.39, 0.29) is 29.9 Å². The maximum Gasteiger partial charge on any atom is 0.262 e. The van der Waals surface area contributed by atoms with E-state index in [1.807, 2.05) is 12.3 Å². The number of pyridine rings is 1. The van der Waals surface area contributed by atoms with Crippen molar-refractivity contribution < 1.29 is 19.2 Å². The lowest BCUT2D eigenvalue weighted by Crippen LogP contribution is -2.54. The van der Waals surface area contributed by atoms with E-state index in [2.05, 4.69) is 43.6 Å². The number of nitrogens with one attached hydrogen (secondary N) is 2. The molecule has 2 aromatic heterocycles. The van der Waals surface area contributed by atoms with Gasteiger partial charge in [0.2, 0.25) is 11.8 Å². The normalized spacial score (nSPS) is 23.4. The topological polar surface area (TPSA) is 130 Å². The largest absolute Gasteiger partial charge is 0.385 e. The van der Waals surface area contributed by atoms with E-state index in [1.54, 1.807) is 18.2 Å². The Morgan fingerprint density at radius 1 is 1.00 bits per heavy atom. The molecule has 2 N–H and O–H groups in total. The Kier molecular flexibility index (Phi) is 6.72. The SMILES string of the molecule is O=C1CCC(N2C(=O)c3ccc(NCCC[C@H]4C[C@H](n5cc(-c6cccc(N7CCC7)n6)cn5)C4)cc3C2=O)C(=O)N1. The Bertz CT molecular complexity index is 1570. The van der Waals surface area contributed by atoms with Gasteiger partial charge in [-0.25, -0.2) is 4.98 Å². The molecule has 0 radical (unpaired) electrons. The second kappa shape index (κ2) is 10.7. The van der Waals surface area contributed by atoms with Crippen molar-refractivity contribution in [2.75, 3.05) is 29.9 Å². The van der Waals surface area contributed by atoms with E-state index < -0.39 is 23.8 Å². The fraction of sp³-hybridized carbons (Fsp3) is 0.419. The van der Waals surface area contributed by atoms with E-state index >= 15 is 0 Å². The van der Waals surface area contributed by atoms with Gasteiger partial charge < -0.3 is 10.2 Å². The second-order valence-corrected chi connectivity index (χ2v) is 11.7. The highest BCUT2D eigenvalue weighted by Gasteiger charge is 2.44. The number of imide groups is 2. The molecule has 3 aromatic rings. The molecule has 3 fully saturated rings. The van der Waals surface area contributed by atoms with Crippen LogP contribution in [0.4, 0.5) is 11.5 Å². The molecule has 1 saturated carbocycles. The highest BCUT2D eigenvalue weighted by atomic mass is 16.2. The van der Waals surface area contributed by atoms with Crippen molar-refractivity contribution in [3.8, 4) is 11.3 Å². The zero-order chi connectivity index (χ0) is 28.8. The Labute approximate surface area is 243 Å². The fourth-order valence-corrected chi connectivity index (χ4v) is 6.33. The zero-order valence-corrected chi connectivity index (χ0v) is 23.3. The van der Waals surface area contributed by atoms with Gasteiger partial charge in [0, 0.05) is 43.5 Å². The molecular formula is C31H33N7O4. The van der Waals surface area contributed by atoms with Crippen LogP contribution in [0.1, 0.15) is 71.7 Å². The third-order valence-electron chi connectivity index (χ3n) is 8.95. The molecule has 11 nitrogen and oxygen atoms in total. The lowest BCUT2D eigenvalue weighted by atomic mass is 9.77. The molecule has 1 atom stereocenters. The lowest BCUT2D eigenvalue weighted by Gasteiger charge is -2.35. The summed E-state index contributed by atoms with van der Waals surface area (Å²) in [7, 11) is 0. The first-order valence-corrected chi connectivity index (χ1v) is 14.8. The summed E-state index contributed by atoms with van der Waals surface area (Å²) < 4.78 is 2.09. The highest BCUT2D eigenvalue weighted by molar-refractivity contribution is 6.23. The molecule has 7 rings (SSSR count). The number of amides is 4. The minimum atomic E-state index is -0.954. The van der Waals surface area contributed by atoms with Crippen molar-refractivity contribution >= 4 is 35.1 Å². The summed E-state index contributed by atoms with van der Waals surface area (Å²) in [5.41, 5.74) is 3.37. The minimum Gasteiger partial charge on any atom is -0.385 e. The molecule has 4 aliphatic rings. The van der Waals surface area contributed by atoms with Gasteiger partial charge in [0.15, 0.2) is 0 Å². The Morgan fingerprint density at radius 2 is 1.83 bits per heavy atom. The third kappa shape index (κ3) is 4.82. The number of piperidine rings is 1. The van der Waals surface area contributed by atoms with Crippen LogP contribution in [0.3, 0.4) is 0 Å². The van der Waals surface area contributed by atoms with Crippen LogP contribution in [0.15, 0.2) is 48.8 Å². The predicted octanol–water partition coefficient (Wildman–Crippen LogP) is 3.40. The molecule has 1 unspecified atom stereocenters. The third-order valence-corrected chi connectivity index (χ3v) is 8.95. The van der Waals surface area contributed by atoms with Crippen molar-refractivity contribution in [1.82, 2.24) is 25.0 Å². The van der Waals surface area contributed by atoms with Gasteiger partial charge in [-0.15, -0.1) is 0 Å². The first-order valence-electron chi connectivity index (χ1n) is 14.8. The van der Waals surface area contributed by atoms with Crippen LogP contribution in [0.5, 0.6) is 0 Å².